The quantitative estimate of drug-likeness (QED) is 0.716. The summed E-state index contributed by atoms with van der Waals surface area (Å²) in [5.41, 5.74) is 2.26. The van der Waals surface area contributed by atoms with Crippen molar-refractivity contribution in [2.45, 2.75) is 19.4 Å². The maximum absolute atomic E-state index is 12.7. The Kier molecular flexibility index (Phi) is 3.92. The Morgan fingerprint density at radius 1 is 1.04 bits per heavy atom. The molecule has 0 amide bonds. The van der Waals surface area contributed by atoms with E-state index < -0.39 is 0 Å². The van der Waals surface area contributed by atoms with Gasteiger partial charge in [-0.1, -0.05) is 0 Å². The summed E-state index contributed by atoms with van der Waals surface area (Å²) in [4.78, 5) is 17.1. The third-order valence-electron chi connectivity index (χ3n) is 4.69. The highest BCUT2D eigenvalue weighted by molar-refractivity contribution is 5.93. The molecular formula is C20H20N2O3. The van der Waals surface area contributed by atoms with E-state index in [0.29, 0.717) is 11.6 Å². The Hall–Kier alpha value is -2.82. The molecule has 1 saturated carbocycles. The van der Waals surface area contributed by atoms with Crippen LogP contribution in [0.1, 0.15) is 12.8 Å². The van der Waals surface area contributed by atoms with E-state index in [-0.39, 0.29) is 5.69 Å². The van der Waals surface area contributed by atoms with Crippen molar-refractivity contribution in [3.05, 3.63) is 52.9 Å². The van der Waals surface area contributed by atoms with E-state index in [4.69, 9.17) is 9.47 Å². The Morgan fingerprint density at radius 2 is 1.72 bits per heavy atom. The molecule has 128 valence electrons. The van der Waals surface area contributed by atoms with Gasteiger partial charge in [-0.2, -0.15) is 4.98 Å². The zero-order valence-corrected chi connectivity index (χ0v) is 14.4. The van der Waals surface area contributed by atoms with Gasteiger partial charge in [-0.25, -0.2) is 4.79 Å². The molecule has 0 bridgehead atoms. The number of fused-ring (bicyclic) bond motifs is 1. The molecule has 1 aliphatic rings. The van der Waals surface area contributed by atoms with E-state index in [1.165, 1.54) is 12.8 Å². The van der Waals surface area contributed by atoms with Crippen LogP contribution in [-0.4, -0.2) is 23.8 Å². The van der Waals surface area contributed by atoms with Gasteiger partial charge in [0.2, 0.25) is 0 Å². The van der Waals surface area contributed by atoms with Crippen molar-refractivity contribution in [3.8, 4) is 22.8 Å². The number of ether oxygens (including phenoxy) is 2. The number of nitrogens with zero attached hydrogens (tertiary/aromatic N) is 2. The predicted octanol–water partition coefficient (Wildman–Crippen LogP) is 3.49. The molecule has 5 nitrogen and oxygen atoms in total. The summed E-state index contributed by atoms with van der Waals surface area (Å²) in [6.07, 6.45) is 2.37. The maximum Gasteiger partial charge on any atom is 0.348 e. The van der Waals surface area contributed by atoms with Crippen molar-refractivity contribution in [1.29, 1.82) is 0 Å². The van der Waals surface area contributed by atoms with Crippen LogP contribution in [0.25, 0.3) is 22.2 Å². The minimum Gasteiger partial charge on any atom is -0.497 e. The van der Waals surface area contributed by atoms with E-state index in [9.17, 15) is 4.79 Å². The Morgan fingerprint density at radius 3 is 2.36 bits per heavy atom. The zero-order valence-electron chi connectivity index (χ0n) is 14.4. The van der Waals surface area contributed by atoms with Crippen molar-refractivity contribution in [1.82, 2.24) is 9.55 Å². The van der Waals surface area contributed by atoms with Crippen LogP contribution in [0.3, 0.4) is 0 Å². The second-order valence-corrected chi connectivity index (χ2v) is 6.41. The van der Waals surface area contributed by atoms with Crippen LogP contribution >= 0.6 is 0 Å². The molecule has 0 radical (unpaired) electrons. The van der Waals surface area contributed by atoms with Gasteiger partial charge in [-0.05, 0) is 61.2 Å². The van der Waals surface area contributed by atoms with Crippen molar-refractivity contribution < 1.29 is 9.47 Å². The largest absolute Gasteiger partial charge is 0.497 e. The number of methoxy groups -OCH3 is 2. The summed E-state index contributed by atoms with van der Waals surface area (Å²) < 4.78 is 12.4. The highest BCUT2D eigenvalue weighted by atomic mass is 16.5. The lowest BCUT2D eigenvalue weighted by Gasteiger charge is -2.14. The van der Waals surface area contributed by atoms with Crippen LogP contribution in [0.5, 0.6) is 11.5 Å². The van der Waals surface area contributed by atoms with E-state index >= 15 is 0 Å². The van der Waals surface area contributed by atoms with Crippen LogP contribution in [0.2, 0.25) is 0 Å². The number of rotatable bonds is 5. The standard InChI is InChI=1S/C20H20N2O3/c1-24-15-7-5-14(6-8-15)19-17-11-16(25-2)9-10-18(17)22(20(23)21-19)12-13-3-4-13/h5-11,13H,3-4,12H2,1-2H3. The molecule has 0 saturated heterocycles. The molecule has 1 heterocycles. The molecule has 1 fully saturated rings. The lowest BCUT2D eigenvalue weighted by molar-refractivity contribution is 0.415. The maximum atomic E-state index is 12.7. The first-order chi connectivity index (χ1) is 12.2. The van der Waals surface area contributed by atoms with E-state index in [0.717, 1.165) is 34.5 Å². The SMILES string of the molecule is COc1ccc(-c2nc(=O)n(CC3CC3)c3ccc(OC)cc23)cc1. The highest BCUT2D eigenvalue weighted by Crippen LogP contribution is 2.33. The van der Waals surface area contributed by atoms with Gasteiger partial charge >= 0.3 is 5.69 Å². The summed E-state index contributed by atoms with van der Waals surface area (Å²) >= 11 is 0. The van der Waals surface area contributed by atoms with Crippen LogP contribution in [0.15, 0.2) is 47.3 Å². The Labute approximate surface area is 145 Å². The third-order valence-corrected chi connectivity index (χ3v) is 4.69. The Bertz CT molecular complexity index is 973. The molecule has 0 spiro atoms. The molecule has 0 unspecified atom stereocenters. The van der Waals surface area contributed by atoms with Gasteiger partial charge in [-0.3, -0.25) is 4.57 Å². The van der Waals surface area contributed by atoms with Gasteiger partial charge in [0.25, 0.3) is 0 Å². The Balaban J connectivity index is 1.94. The minimum absolute atomic E-state index is 0.199. The second-order valence-electron chi connectivity index (χ2n) is 6.41. The fourth-order valence-corrected chi connectivity index (χ4v) is 3.09. The second kappa shape index (κ2) is 6.24. The van der Waals surface area contributed by atoms with Crippen LogP contribution in [0, 0.1) is 5.92 Å². The first-order valence-electron chi connectivity index (χ1n) is 8.42. The smallest absolute Gasteiger partial charge is 0.348 e. The molecule has 0 aliphatic heterocycles. The fraction of sp³-hybridized carbons (Fsp3) is 0.300. The molecule has 4 rings (SSSR count). The normalized spacial score (nSPS) is 13.8. The first kappa shape index (κ1) is 15.7. The van der Waals surface area contributed by atoms with Crippen molar-refractivity contribution >= 4 is 10.9 Å². The third kappa shape index (κ3) is 2.97. The molecule has 25 heavy (non-hydrogen) atoms. The molecule has 1 aromatic heterocycles. The lowest BCUT2D eigenvalue weighted by Crippen LogP contribution is -2.25. The van der Waals surface area contributed by atoms with Crippen molar-refractivity contribution in [2.75, 3.05) is 14.2 Å². The van der Waals surface area contributed by atoms with Crippen LogP contribution < -0.4 is 15.2 Å². The van der Waals surface area contributed by atoms with Gasteiger partial charge in [0.05, 0.1) is 25.4 Å². The lowest BCUT2D eigenvalue weighted by atomic mass is 10.1. The van der Waals surface area contributed by atoms with Gasteiger partial charge in [0, 0.05) is 17.5 Å². The molecule has 0 atom stereocenters. The first-order valence-corrected chi connectivity index (χ1v) is 8.42. The zero-order chi connectivity index (χ0) is 17.4. The molecule has 5 heteroatoms. The average molecular weight is 336 g/mol. The van der Waals surface area contributed by atoms with E-state index in [1.807, 2.05) is 42.5 Å². The van der Waals surface area contributed by atoms with Gasteiger partial charge < -0.3 is 9.47 Å². The van der Waals surface area contributed by atoms with Gasteiger partial charge in [0.1, 0.15) is 11.5 Å². The van der Waals surface area contributed by atoms with Crippen LogP contribution in [-0.2, 0) is 6.54 Å². The molecule has 3 aromatic rings. The monoisotopic (exact) mass is 336 g/mol. The molecule has 0 N–H and O–H groups in total. The van der Waals surface area contributed by atoms with Gasteiger partial charge in [0.15, 0.2) is 0 Å². The average Bonchev–Trinajstić information content (AvgIpc) is 3.47. The fourth-order valence-electron chi connectivity index (χ4n) is 3.09. The molecule has 1 aliphatic carbocycles. The number of benzene rings is 2. The van der Waals surface area contributed by atoms with Crippen molar-refractivity contribution in [2.24, 2.45) is 5.92 Å². The predicted molar refractivity (Wildman–Crippen MR) is 97.3 cm³/mol. The van der Waals surface area contributed by atoms with E-state index in [2.05, 4.69) is 4.98 Å². The summed E-state index contributed by atoms with van der Waals surface area (Å²) in [6, 6.07) is 13.4. The highest BCUT2D eigenvalue weighted by Gasteiger charge is 2.24. The summed E-state index contributed by atoms with van der Waals surface area (Å²) in [5, 5.41) is 0.921. The van der Waals surface area contributed by atoms with Gasteiger partial charge in [-0.15, -0.1) is 0 Å². The van der Waals surface area contributed by atoms with E-state index in [1.54, 1.807) is 18.8 Å². The topological polar surface area (TPSA) is 53.3 Å². The van der Waals surface area contributed by atoms with Crippen LogP contribution in [0.4, 0.5) is 0 Å². The molecular weight excluding hydrogens is 316 g/mol. The summed E-state index contributed by atoms with van der Waals surface area (Å²) in [6.45, 7) is 0.734. The minimum atomic E-state index is -0.199. The van der Waals surface area contributed by atoms with Crippen molar-refractivity contribution in [3.63, 3.8) is 0 Å². The summed E-state index contributed by atoms with van der Waals surface area (Å²) in [7, 11) is 3.27. The molecule has 2 aromatic carbocycles. The number of aromatic nitrogens is 2. The number of hydrogen-bond acceptors (Lipinski definition) is 4. The number of hydrogen-bond donors (Lipinski definition) is 0. The summed E-state index contributed by atoms with van der Waals surface area (Å²) in [5.74, 6) is 2.12.